The summed E-state index contributed by atoms with van der Waals surface area (Å²) in [7, 11) is 0. The number of alkyl halides is 2. The van der Waals surface area contributed by atoms with E-state index in [0.29, 0.717) is 25.8 Å². The number of carbonyl (C=O) groups excluding carboxylic acids is 1. The molecule has 2 N–H and O–H groups in total. The van der Waals surface area contributed by atoms with Crippen molar-refractivity contribution in [1.29, 1.82) is 0 Å². The second kappa shape index (κ2) is 4.80. The largest absolute Gasteiger partial charge is 0.481 e. The minimum Gasteiger partial charge on any atom is -0.481 e. The first kappa shape index (κ1) is 13.6. The van der Waals surface area contributed by atoms with E-state index >= 15 is 0 Å². The van der Waals surface area contributed by atoms with Gasteiger partial charge in [-0.3, -0.25) is 9.59 Å². The molecule has 0 radical (unpaired) electrons. The summed E-state index contributed by atoms with van der Waals surface area (Å²) >= 11 is 11.7. The zero-order chi connectivity index (χ0) is 12.4. The van der Waals surface area contributed by atoms with Crippen LogP contribution in [-0.4, -0.2) is 27.9 Å². The van der Waals surface area contributed by atoms with E-state index in [0.717, 1.165) is 0 Å². The molecule has 1 amide bonds. The standard InChI is InChI=1S/C10H15Cl2NO3/c1-9(6-10(9,11)12)8(16)13-5-3-2-4-7(14)15/h2-6H2,1H3,(H,13,16)(H,14,15). The molecule has 0 spiro atoms. The number of hydrogen-bond donors (Lipinski definition) is 2. The lowest BCUT2D eigenvalue weighted by atomic mass is 10.1. The molecule has 0 aromatic heterocycles. The molecule has 0 heterocycles. The molecule has 92 valence electrons. The van der Waals surface area contributed by atoms with Crippen molar-refractivity contribution in [3.8, 4) is 0 Å². The van der Waals surface area contributed by atoms with Gasteiger partial charge in [-0.2, -0.15) is 0 Å². The van der Waals surface area contributed by atoms with Gasteiger partial charge >= 0.3 is 5.97 Å². The van der Waals surface area contributed by atoms with Crippen LogP contribution < -0.4 is 5.32 Å². The second-order valence-corrected chi connectivity index (χ2v) is 5.80. The normalized spacial score (nSPS) is 26.2. The lowest BCUT2D eigenvalue weighted by Gasteiger charge is -2.12. The number of carbonyl (C=O) groups is 2. The van der Waals surface area contributed by atoms with Crippen LogP contribution in [0.15, 0.2) is 0 Å². The number of aliphatic carboxylic acids is 1. The maximum atomic E-state index is 11.6. The topological polar surface area (TPSA) is 66.4 Å². The Kier molecular flexibility index (Phi) is 4.07. The number of hydrogen-bond acceptors (Lipinski definition) is 2. The van der Waals surface area contributed by atoms with Crippen LogP contribution in [0.4, 0.5) is 0 Å². The Morgan fingerprint density at radius 1 is 1.38 bits per heavy atom. The minimum atomic E-state index is -0.946. The van der Waals surface area contributed by atoms with Crippen molar-refractivity contribution in [2.24, 2.45) is 5.41 Å². The third-order valence-corrected chi connectivity index (χ3v) is 3.96. The van der Waals surface area contributed by atoms with Gasteiger partial charge in [0.15, 0.2) is 0 Å². The Morgan fingerprint density at radius 2 is 1.94 bits per heavy atom. The molecule has 0 saturated heterocycles. The number of halogens is 2. The average molecular weight is 268 g/mol. The number of unbranched alkanes of at least 4 members (excludes halogenated alkanes) is 1. The van der Waals surface area contributed by atoms with Gasteiger partial charge in [0.1, 0.15) is 4.33 Å². The summed E-state index contributed by atoms with van der Waals surface area (Å²) in [6, 6.07) is 0. The molecule has 1 aliphatic carbocycles. The summed E-state index contributed by atoms with van der Waals surface area (Å²) in [5, 5.41) is 11.1. The summed E-state index contributed by atoms with van der Waals surface area (Å²) in [6.45, 7) is 2.19. The second-order valence-electron chi connectivity index (χ2n) is 4.32. The highest BCUT2D eigenvalue weighted by Crippen LogP contribution is 2.63. The highest BCUT2D eigenvalue weighted by atomic mass is 35.5. The fraction of sp³-hybridized carbons (Fsp3) is 0.800. The van der Waals surface area contributed by atoms with Crippen molar-refractivity contribution in [3.63, 3.8) is 0 Å². The fourth-order valence-corrected chi connectivity index (χ4v) is 2.15. The smallest absolute Gasteiger partial charge is 0.303 e. The van der Waals surface area contributed by atoms with Crippen LogP contribution in [0.2, 0.25) is 0 Å². The van der Waals surface area contributed by atoms with E-state index < -0.39 is 15.7 Å². The van der Waals surface area contributed by atoms with E-state index in [9.17, 15) is 9.59 Å². The van der Waals surface area contributed by atoms with Crippen LogP contribution in [-0.2, 0) is 9.59 Å². The molecule has 0 aromatic rings. The van der Waals surface area contributed by atoms with E-state index in [-0.39, 0.29) is 12.3 Å². The van der Waals surface area contributed by atoms with Crippen LogP contribution in [0, 0.1) is 5.41 Å². The number of carboxylic acids is 1. The quantitative estimate of drug-likeness (QED) is 0.571. The molecule has 0 aromatic carbocycles. The number of amides is 1. The van der Waals surface area contributed by atoms with Crippen LogP contribution in [0.1, 0.15) is 32.6 Å². The number of nitrogens with one attached hydrogen (secondary N) is 1. The van der Waals surface area contributed by atoms with Crippen molar-refractivity contribution in [3.05, 3.63) is 0 Å². The molecule has 1 aliphatic rings. The van der Waals surface area contributed by atoms with E-state index in [1.807, 2.05) is 0 Å². The van der Waals surface area contributed by atoms with Crippen molar-refractivity contribution in [1.82, 2.24) is 5.32 Å². The maximum absolute atomic E-state index is 11.6. The summed E-state index contributed by atoms with van der Waals surface area (Å²) in [6.07, 6.45) is 1.79. The molecule has 4 nitrogen and oxygen atoms in total. The predicted molar refractivity (Wildman–Crippen MR) is 61.7 cm³/mol. The van der Waals surface area contributed by atoms with Gasteiger partial charge in [-0.25, -0.2) is 0 Å². The Hall–Kier alpha value is -0.480. The van der Waals surface area contributed by atoms with Crippen LogP contribution in [0.25, 0.3) is 0 Å². The predicted octanol–water partition coefficient (Wildman–Crippen LogP) is 1.94. The lowest BCUT2D eigenvalue weighted by molar-refractivity contribution is -0.137. The molecule has 16 heavy (non-hydrogen) atoms. The number of carboxylic acid groups (broad SMARTS) is 1. The minimum absolute atomic E-state index is 0.127. The molecule has 1 fully saturated rings. The first-order valence-corrected chi connectivity index (χ1v) is 5.93. The fourth-order valence-electron chi connectivity index (χ4n) is 1.44. The zero-order valence-electron chi connectivity index (χ0n) is 9.06. The van der Waals surface area contributed by atoms with Gasteiger partial charge in [0, 0.05) is 13.0 Å². The van der Waals surface area contributed by atoms with Gasteiger partial charge in [-0.15, -0.1) is 23.2 Å². The van der Waals surface area contributed by atoms with Gasteiger partial charge in [-0.05, 0) is 26.2 Å². The summed E-state index contributed by atoms with van der Waals surface area (Å²) in [5.41, 5.74) is -0.692. The Morgan fingerprint density at radius 3 is 2.38 bits per heavy atom. The third kappa shape index (κ3) is 3.01. The molecule has 1 saturated carbocycles. The molecule has 0 bridgehead atoms. The molecule has 0 aliphatic heterocycles. The van der Waals surface area contributed by atoms with Crippen molar-refractivity contribution < 1.29 is 14.7 Å². The third-order valence-electron chi connectivity index (χ3n) is 2.86. The molecular weight excluding hydrogens is 253 g/mol. The van der Waals surface area contributed by atoms with Gasteiger partial charge in [0.25, 0.3) is 0 Å². The lowest BCUT2D eigenvalue weighted by Crippen LogP contribution is -2.33. The van der Waals surface area contributed by atoms with Crippen LogP contribution in [0.5, 0.6) is 0 Å². The van der Waals surface area contributed by atoms with Crippen molar-refractivity contribution in [2.75, 3.05) is 6.54 Å². The Bertz CT molecular complexity index is 306. The zero-order valence-corrected chi connectivity index (χ0v) is 10.6. The van der Waals surface area contributed by atoms with Crippen molar-refractivity contribution >= 4 is 35.1 Å². The Balaban J connectivity index is 2.15. The van der Waals surface area contributed by atoms with Gasteiger partial charge in [0.2, 0.25) is 5.91 Å². The van der Waals surface area contributed by atoms with Gasteiger partial charge in [-0.1, -0.05) is 0 Å². The summed E-state index contributed by atoms with van der Waals surface area (Å²) in [5.74, 6) is -0.978. The van der Waals surface area contributed by atoms with E-state index in [1.165, 1.54) is 0 Å². The monoisotopic (exact) mass is 267 g/mol. The SMILES string of the molecule is CC1(C(=O)NCCCCC(=O)O)CC1(Cl)Cl. The highest BCUT2D eigenvalue weighted by Gasteiger charge is 2.67. The Labute approximate surface area is 104 Å². The summed E-state index contributed by atoms with van der Waals surface area (Å²) in [4.78, 5) is 21.9. The maximum Gasteiger partial charge on any atom is 0.303 e. The van der Waals surface area contributed by atoms with E-state index in [2.05, 4.69) is 5.32 Å². The first-order valence-electron chi connectivity index (χ1n) is 5.17. The van der Waals surface area contributed by atoms with Gasteiger partial charge < -0.3 is 10.4 Å². The van der Waals surface area contributed by atoms with E-state index in [1.54, 1.807) is 6.92 Å². The molecule has 1 atom stereocenters. The number of rotatable bonds is 6. The van der Waals surface area contributed by atoms with Crippen LogP contribution >= 0.6 is 23.2 Å². The molecule has 1 unspecified atom stereocenters. The molecule has 6 heteroatoms. The molecule has 1 rings (SSSR count). The van der Waals surface area contributed by atoms with Crippen LogP contribution in [0.3, 0.4) is 0 Å². The highest BCUT2D eigenvalue weighted by molar-refractivity contribution is 6.53. The summed E-state index contributed by atoms with van der Waals surface area (Å²) < 4.78 is -0.946. The first-order chi connectivity index (χ1) is 7.29. The molecular formula is C10H15Cl2NO3. The van der Waals surface area contributed by atoms with Gasteiger partial charge in [0.05, 0.1) is 5.41 Å². The van der Waals surface area contributed by atoms with E-state index in [4.69, 9.17) is 28.3 Å². The van der Waals surface area contributed by atoms with Crippen molar-refractivity contribution in [2.45, 2.75) is 36.9 Å². The average Bonchev–Trinajstić information content (AvgIpc) is 2.66.